The van der Waals surface area contributed by atoms with E-state index in [1.54, 1.807) is 12.4 Å². The maximum Gasteiger partial charge on any atom is 0.140 e. The van der Waals surface area contributed by atoms with Crippen LogP contribution in [0, 0.1) is 5.82 Å². The lowest BCUT2D eigenvalue weighted by Gasteiger charge is -2.33. The molecular weight excluding hydrogens is 289 g/mol. The largest absolute Gasteiger partial charge is 0.264 e. The number of rotatable bonds is 5. The zero-order valence-electron chi connectivity index (χ0n) is 13.1. The smallest absolute Gasteiger partial charge is 0.140 e. The van der Waals surface area contributed by atoms with Gasteiger partial charge in [-0.3, -0.25) is 14.5 Å². The van der Waals surface area contributed by atoms with Gasteiger partial charge >= 0.3 is 0 Å². The summed E-state index contributed by atoms with van der Waals surface area (Å²) >= 11 is 0. The van der Waals surface area contributed by atoms with Gasteiger partial charge in [0.2, 0.25) is 0 Å². The monoisotopic (exact) mass is 308 g/mol. The summed E-state index contributed by atoms with van der Waals surface area (Å²) in [6.07, 6.45) is 6.22. The van der Waals surface area contributed by atoms with Crippen LogP contribution in [0.15, 0.2) is 73.2 Å². The van der Waals surface area contributed by atoms with E-state index in [1.807, 2.05) is 48.7 Å². The van der Waals surface area contributed by atoms with Crippen LogP contribution in [0.2, 0.25) is 0 Å². The molecule has 1 aromatic carbocycles. The topological polar surface area (TPSA) is 25.8 Å². The number of hydrogen-bond acceptors (Lipinski definition) is 2. The fraction of sp³-hybridized carbons (Fsp3) is 0.158. The van der Waals surface area contributed by atoms with Gasteiger partial charge in [0.25, 0.3) is 0 Å². The summed E-state index contributed by atoms with van der Waals surface area (Å²) in [4.78, 5) is 8.50. The highest BCUT2D eigenvalue weighted by Gasteiger charge is 2.28. The van der Waals surface area contributed by atoms with Gasteiger partial charge in [0.15, 0.2) is 0 Å². The van der Waals surface area contributed by atoms with E-state index in [9.17, 15) is 4.39 Å². The fourth-order valence-electron chi connectivity index (χ4n) is 2.73. The molecule has 0 amide bonds. The number of halogens is 1. The van der Waals surface area contributed by atoms with Crippen LogP contribution >= 0.6 is 0 Å². The van der Waals surface area contributed by atoms with Crippen molar-refractivity contribution in [3.8, 4) is 0 Å². The lowest BCUT2D eigenvalue weighted by molar-refractivity contribution is 0.456. The molecule has 23 heavy (non-hydrogen) atoms. The van der Waals surface area contributed by atoms with Crippen molar-refractivity contribution in [2.75, 3.05) is 13.6 Å². The average Bonchev–Trinajstić information content (AvgIpc) is 2.62. The second kappa shape index (κ2) is 6.67. The standard InChI is InChI=1S/C19H19FN3/c1-23(19-9-13-21-14-10-19,18-7-5-16(20)6-8-18)15-11-17-4-2-3-12-22-17/h2-10,12-14H,11,15H2,1H3/q+1. The van der Waals surface area contributed by atoms with Gasteiger partial charge in [-0.25, -0.2) is 4.39 Å². The molecular formula is C19H19FN3+. The van der Waals surface area contributed by atoms with Crippen molar-refractivity contribution in [3.05, 3.63) is 84.7 Å². The second-order valence-electron chi connectivity index (χ2n) is 5.67. The summed E-state index contributed by atoms with van der Waals surface area (Å²) < 4.78 is 13.9. The molecule has 0 aliphatic heterocycles. The molecule has 3 aromatic rings. The van der Waals surface area contributed by atoms with Crippen molar-refractivity contribution in [2.24, 2.45) is 0 Å². The minimum absolute atomic E-state index is 0.222. The van der Waals surface area contributed by atoms with E-state index in [0.29, 0.717) is 4.48 Å². The highest BCUT2D eigenvalue weighted by molar-refractivity contribution is 5.57. The molecule has 0 bridgehead atoms. The molecule has 0 radical (unpaired) electrons. The van der Waals surface area contributed by atoms with Crippen molar-refractivity contribution >= 4 is 11.4 Å². The number of quaternary nitrogens is 1. The van der Waals surface area contributed by atoms with Crippen molar-refractivity contribution in [1.82, 2.24) is 14.5 Å². The molecule has 4 heteroatoms. The Morgan fingerprint density at radius 3 is 2.22 bits per heavy atom. The van der Waals surface area contributed by atoms with Crippen LogP contribution in [-0.4, -0.2) is 23.6 Å². The Morgan fingerprint density at radius 2 is 1.57 bits per heavy atom. The molecule has 3 rings (SSSR count). The van der Waals surface area contributed by atoms with Crippen molar-refractivity contribution in [1.29, 1.82) is 0 Å². The zero-order chi connectivity index (χ0) is 16.1. The normalized spacial score (nSPS) is 13.5. The van der Waals surface area contributed by atoms with Gasteiger partial charge in [0.05, 0.1) is 13.6 Å². The average molecular weight is 308 g/mol. The Balaban J connectivity index is 1.95. The molecule has 0 saturated heterocycles. The van der Waals surface area contributed by atoms with E-state index in [4.69, 9.17) is 0 Å². The van der Waals surface area contributed by atoms with Gasteiger partial charge in [-0.15, -0.1) is 0 Å². The number of benzene rings is 1. The first-order valence-corrected chi connectivity index (χ1v) is 7.61. The Hall–Kier alpha value is -2.59. The molecule has 2 heterocycles. The molecule has 0 aliphatic carbocycles. The van der Waals surface area contributed by atoms with Crippen molar-refractivity contribution in [3.63, 3.8) is 0 Å². The molecule has 2 aromatic heterocycles. The van der Waals surface area contributed by atoms with E-state index in [-0.39, 0.29) is 5.82 Å². The Labute approximate surface area is 135 Å². The molecule has 0 fully saturated rings. The molecule has 1 atom stereocenters. The van der Waals surface area contributed by atoms with Crippen LogP contribution in [0.25, 0.3) is 0 Å². The molecule has 0 spiro atoms. The van der Waals surface area contributed by atoms with Gasteiger partial charge in [0, 0.05) is 55.0 Å². The Bertz CT molecular complexity index is 745. The van der Waals surface area contributed by atoms with Crippen LogP contribution < -0.4 is 4.48 Å². The third-order valence-corrected chi connectivity index (χ3v) is 4.17. The molecule has 0 aliphatic rings. The summed E-state index contributed by atoms with van der Waals surface area (Å²) in [7, 11) is 2.13. The number of likely N-dealkylation sites (N-methyl/N-ethyl adjacent to an activating group) is 1. The lowest BCUT2D eigenvalue weighted by atomic mass is 10.1. The fourth-order valence-corrected chi connectivity index (χ4v) is 2.73. The van der Waals surface area contributed by atoms with Gasteiger partial charge in [-0.2, -0.15) is 0 Å². The third-order valence-electron chi connectivity index (χ3n) is 4.17. The number of pyridine rings is 2. The molecule has 0 saturated carbocycles. The highest BCUT2D eigenvalue weighted by atomic mass is 19.1. The second-order valence-corrected chi connectivity index (χ2v) is 5.67. The van der Waals surface area contributed by atoms with Crippen molar-refractivity contribution in [2.45, 2.75) is 6.42 Å². The van der Waals surface area contributed by atoms with E-state index < -0.39 is 0 Å². The summed E-state index contributed by atoms with van der Waals surface area (Å²) in [5.74, 6) is -0.222. The Morgan fingerprint density at radius 1 is 0.870 bits per heavy atom. The van der Waals surface area contributed by atoms with E-state index in [1.165, 1.54) is 12.1 Å². The summed E-state index contributed by atoms with van der Waals surface area (Å²) in [5, 5.41) is 0. The van der Waals surface area contributed by atoms with Gasteiger partial charge in [-0.1, -0.05) is 6.07 Å². The minimum Gasteiger partial charge on any atom is -0.264 e. The maximum absolute atomic E-state index is 13.3. The first-order chi connectivity index (χ1) is 11.2. The summed E-state index contributed by atoms with van der Waals surface area (Å²) in [5.41, 5.74) is 3.20. The van der Waals surface area contributed by atoms with Gasteiger partial charge in [-0.05, 0) is 24.3 Å². The van der Waals surface area contributed by atoms with Crippen LogP contribution in [0.5, 0.6) is 0 Å². The maximum atomic E-state index is 13.3. The minimum atomic E-state index is -0.222. The zero-order valence-corrected chi connectivity index (χ0v) is 13.1. The number of aromatic nitrogens is 2. The van der Waals surface area contributed by atoms with Gasteiger partial charge < -0.3 is 0 Å². The molecule has 1 unspecified atom stereocenters. The molecule has 116 valence electrons. The predicted octanol–water partition coefficient (Wildman–Crippen LogP) is 4.13. The predicted molar refractivity (Wildman–Crippen MR) is 90.8 cm³/mol. The first-order valence-electron chi connectivity index (χ1n) is 7.61. The van der Waals surface area contributed by atoms with Gasteiger partial charge in [0.1, 0.15) is 17.2 Å². The van der Waals surface area contributed by atoms with E-state index >= 15 is 0 Å². The lowest BCUT2D eigenvalue weighted by Crippen LogP contribution is -2.41. The van der Waals surface area contributed by atoms with Crippen LogP contribution in [0.3, 0.4) is 0 Å². The Kier molecular flexibility index (Phi) is 4.44. The first kappa shape index (κ1) is 15.3. The van der Waals surface area contributed by atoms with E-state index in [0.717, 1.165) is 30.0 Å². The number of nitrogens with zero attached hydrogens (tertiary/aromatic N) is 3. The van der Waals surface area contributed by atoms with E-state index in [2.05, 4.69) is 17.0 Å². The molecule has 3 nitrogen and oxygen atoms in total. The molecule has 0 N–H and O–H groups in total. The van der Waals surface area contributed by atoms with Crippen LogP contribution in [0.1, 0.15) is 5.69 Å². The summed E-state index contributed by atoms with van der Waals surface area (Å²) in [6, 6.07) is 16.6. The van der Waals surface area contributed by atoms with Crippen LogP contribution in [0.4, 0.5) is 15.8 Å². The SMILES string of the molecule is C[N+](CCc1ccccn1)(c1ccncc1)c1ccc(F)cc1. The third kappa shape index (κ3) is 3.43. The summed E-state index contributed by atoms with van der Waals surface area (Å²) in [6.45, 7) is 0.826. The van der Waals surface area contributed by atoms with Crippen molar-refractivity contribution < 1.29 is 4.39 Å². The van der Waals surface area contributed by atoms with Crippen LogP contribution in [-0.2, 0) is 6.42 Å². The highest BCUT2D eigenvalue weighted by Crippen LogP contribution is 2.32. The quantitative estimate of drug-likeness (QED) is 0.662. The number of hydrogen-bond donors (Lipinski definition) is 0.